The molecule has 0 aromatic heterocycles. The zero-order valence-electron chi connectivity index (χ0n) is 12.3. The summed E-state index contributed by atoms with van der Waals surface area (Å²) in [7, 11) is 3.32. The van der Waals surface area contributed by atoms with E-state index >= 15 is 0 Å². The molecule has 1 saturated heterocycles. The normalized spacial score (nSPS) is 24.8. The van der Waals surface area contributed by atoms with Crippen LogP contribution in [0.3, 0.4) is 0 Å². The second-order valence-electron chi connectivity index (χ2n) is 5.74. The van der Waals surface area contributed by atoms with Gasteiger partial charge in [0, 0.05) is 13.1 Å². The fourth-order valence-corrected chi connectivity index (χ4v) is 3.37. The van der Waals surface area contributed by atoms with Crippen molar-refractivity contribution >= 4 is 0 Å². The number of benzene rings is 1. The molecule has 0 amide bonds. The predicted octanol–water partition coefficient (Wildman–Crippen LogP) is 2.68. The number of ether oxygens (including phenoxy) is 3. The molecule has 2 fully saturated rings. The summed E-state index contributed by atoms with van der Waals surface area (Å²) >= 11 is 0. The number of rotatable bonds is 3. The van der Waals surface area contributed by atoms with Crippen molar-refractivity contribution < 1.29 is 14.2 Å². The van der Waals surface area contributed by atoms with Gasteiger partial charge in [-0.3, -0.25) is 0 Å². The van der Waals surface area contributed by atoms with Crippen LogP contribution >= 0.6 is 0 Å². The Morgan fingerprint density at radius 1 is 1.15 bits per heavy atom. The number of methoxy groups -OCH3 is 2. The molecule has 1 unspecified atom stereocenters. The Bertz CT molecular complexity index is 469. The lowest BCUT2D eigenvalue weighted by Gasteiger charge is -2.39. The third-order valence-electron chi connectivity index (χ3n) is 4.46. The maximum absolute atomic E-state index is 6.44. The molecule has 4 nitrogen and oxygen atoms in total. The van der Waals surface area contributed by atoms with E-state index in [1.807, 2.05) is 12.1 Å². The first-order valence-corrected chi connectivity index (χ1v) is 7.37. The van der Waals surface area contributed by atoms with E-state index in [-0.39, 0.29) is 11.7 Å². The van der Waals surface area contributed by atoms with Crippen molar-refractivity contribution in [3.05, 3.63) is 23.8 Å². The molecule has 1 aliphatic carbocycles. The maximum Gasteiger partial charge on any atom is 0.161 e. The third-order valence-corrected chi connectivity index (χ3v) is 4.46. The van der Waals surface area contributed by atoms with E-state index in [1.165, 1.54) is 25.7 Å². The molecule has 1 aromatic carbocycles. The largest absolute Gasteiger partial charge is 0.493 e. The van der Waals surface area contributed by atoms with Crippen molar-refractivity contribution in [1.82, 2.24) is 5.32 Å². The molecule has 2 aliphatic rings. The molecule has 1 aliphatic heterocycles. The van der Waals surface area contributed by atoms with Gasteiger partial charge in [0.15, 0.2) is 11.5 Å². The van der Waals surface area contributed by atoms with Crippen molar-refractivity contribution in [2.45, 2.75) is 37.4 Å². The Labute approximate surface area is 120 Å². The highest BCUT2D eigenvalue weighted by Crippen LogP contribution is 2.40. The van der Waals surface area contributed by atoms with Gasteiger partial charge in [0.1, 0.15) is 0 Å². The molecule has 1 aromatic rings. The fraction of sp³-hybridized carbons (Fsp3) is 0.625. The zero-order valence-corrected chi connectivity index (χ0v) is 12.3. The Morgan fingerprint density at radius 3 is 2.60 bits per heavy atom. The topological polar surface area (TPSA) is 39.7 Å². The van der Waals surface area contributed by atoms with Gasteiger partial charge in [0.2, 0.25) is 0 Å². The van der Waals surface area contributed by atoms with Gasteiger partial charge in [0.25, 0.3) is 0 Å². The van der Waals surface area contributed by atoms with Gasteiger partial charge in [-0.25, -0.2) is 0 Å². The van der Waals surface area contributed by atoms with E-state index in [1.54, 1.807) is 14.2 Å². The lowest BCUT2D eigenvalue weighted by atomic mass is 9.97. The molecule has 1 saturated carbocycles. The van der Waals surface area contributed by atoms with Crippen molar-refractivity contribution in [1.29, 1.82) is 0 Å². The second-order valence-corrected chi connectivity index (χ2v) is 5.74. The first kappa shape index (κ1) is 13.7. The first-order valence-electron chi connectivity index (χ1n) is 7.37. The SMILES string of the molecule is COc1ccc(C2CNCC3(CCCC3)O2)cc1OC. The molecule has 110 valence electrons. The highest BCUT2D eigenvalue weighted by atomic mass is 16.5. The first-order chi connectivity index (χ1) is 9.76. The van der Waals surface area contributed by atoms with Gasteiger partial charge in [0.05, 0.1) is 25.9 Å². The summed E-state index contributed by atoms with van der Waals surface area (Å²) in [5.41, 5.74) is 1.21. The van der Waals surface area contributed by atoms with Gasteiger partial charge >= 0.3 is 0 Å². The minimum atomic E-state index is 0.0517. The average molecular weight is 277 g/mol. The Balaban J connectivity index is 1.81. The smallest absolute Gasteiger partial charge is 0.161 e. The maximum atomic E-state index is 6.44. The van der Waals surface area contributed by atoms with Crippen LogP contribution in [0, 0.1) is 0 Å². The molecule has 0 radical (unpaired) electrons. The molecule has 1 spiro atoms. The molecular formula is C16H23NO3. The molecule has 4 heteroatoms. The number of nitrogens with one attached hydrogen (secondary N) is 1. The Hall–Kier alpha value is -1.26. The van der Waals surface area contributed by atoms with Crippen LogP contribution < -0.4 is 14.8 Å². The molecule has 3 rings (SSSR count). The molecule has 1 heterocycles. The van der Waals surface area contributed by atoms with Crippen LogP contribution in [0.1, 0.15) is 37.4 Å². The van der Waals surface area contributed by atoms with Crippen LogP contribution in [-0.2, 0) is 4.74 Å². The van der Waals surface area contributed by atoms with Crippen LogP contribution in [0.2, 0.25) is 0 Å². The van der Waals surface area contributed by atoms with Crippen LogP contribution in [0.15, 0.2) is 18.2 Å². The van der Waals surface area contributed by atoms with Gasteiger partial charge in [-0.1, -0.05) is 18.9 Å². The highest BCUT2D eigenvalue weighted by Gasteiger charge is 2.40. The van der Waals surface area contributed by atoms with Crippen LogP contribution in [0.25, 0.3) is 0 Å². The fourth-order valence-electron chi connectivity index (χ4n) is 3.37. The summed E-state index contributed by atoms with van der Waals surface area (Å²) in [6.07, 6.45) is 5.00. The van der Waals surface area contributed by atoms with Crippen LogP contribution in [-0.4, -0.2) is 32.9 Å². The third kappa shape index (κ3) is 2.50. The molecule has 20 heavy (non-hydrogen) atoms. The highest BCUT2D eigenvalue weighted by molar-refractivity contribution is 5.43. The summed E-state index contributed by atoms with van der Waals surface area (Å²) < 4.78 is 17.1. The zero-order chi connectivity index (χ0) is 14.0. The van der Waals surface area contributed by atoms with Gasteiger partial charge in [-0.15, -0.1) is 0 Å². The summed E-state index contributed by atoms with van der Waals surface area (Å²) in [5.74, 6) is 1.52. The summed E-state index contributed by atoms with van der Waals surface area (Å²) in [4.78, 5) is 0. The summed E-state index contributed by atoms with van der Waals surface area (Å²) in [6, 6.07) is 6.05. The summed E-state index contributed by atoms with van der Waals surface area (Å²) in [6.45, 7) is 1.84. The van der Waals surface area contributed by atoms with E-state index in [4.69, 9.17) is 14.2 Å². The molecule has 0 bridgehead atoms. The average Bonchev–Trinajstić information content (AvgIpc) is 2.94. The minimum Gasteiger partial charge on any atom is -0.493 e. The van der Waals surface area contributed by atoms with Crippen molar-refractivity contribution in [2.75, 3.05) is 27.3 Å². The predicted molar refractivity (Wildman–Crippen MR) is 77.4 cm³/mol. The van der Waals surface area contributed by atoms with E-state index in [2.05, 4.69) is 11.4 Å². The monoisotopic (exact) mass is 277 g/mol. The Kier molecular flexibility index (Phi) is 3.85. The van der Waals surface area contributed by atoms with Crippen LogP contribution in [0.5, 0.6) is 11.5 Å². The second kappa shape index (κ2) is 5.62. The van der Waals surface area contributed by atoms with Crippen molar-refractivity contribution in [3.8, 4) is 11.5 Å². The van der Waals surface area contributed by atoms with Crippen molar-refractivity contribution in [2.24, 2.45) is 0 Å². The minimum absolute atomic E-state index is 0.0517. The van der Waals surface area contributed by atoms with E-state index < -0.39 is 0 Å². The Morgan fingerprint density at radius 2 is 1.90 bits per heavy atom. The molecule has 1 N–H and O–H groups in total. The van der Waals surface area contributed by atoms with Gasteiger partial charge in [-0.05, 0) is 30.5 Å². The standard InChI is InChI=1S/C16H23NO3/c1-18-13-6-5-12(9-14(13)19-2)15-10-17-11-16(20-15)7-3-4-8-16/h5-6,9,15,17H,3-4,7-8,10-11H2,1-2H3. The van der Waals surface area contributed by atoms with Crippen molar-refractivity contribution in [3.63, 3.8) is 0 Å². The van der Waals surface area contributed by atoms with E-state index in [0.717, 1.165) is 30.2 Å². The van der Waals surface area contributed by atoms with E-state index in [9.17, 15) is 0 Å². The molecule has 1 atom stereocenters. The molecular weight excluding hydrogens is 254 g/mol. The lowest BCUT2D eigenvalue weighted by molar-refractivity contribution is -0.114. The quantitative estimate of drug-likeness (QED) is 0.922. The van der Waals surface area contributed by atoms with Gasteiger partial charge < -0.3 is 19.5 Å². The number of hydrogen-bond donors (Lipinski definition) is 1. The van der Waals surface area contributed by atoms with Crippen LogP contribution in [0.4, 0.5) is 0 Å². The number of hydrogen-bond acceptors (Lipinski definition) is 4. The number of morpholine rings is 1. The summed E-state index contributed by atoms with van der Waals surface area (Å²) in [5, 5.41) is 3.54. The van der Waals surface area contributed by atoms with E-state index in [0.29, 0.717) is 0 Å². The van der Waals surface area contributed by atoms with Gasteiger partial charge in [-0.2, -0.15) is 0 Å². The lowest BCUT2D eigenvalue weighted by Crippen LogP contribution is -2.49.